The number of nitrogens with zero attached hydrogens (tertiary/aromatic N) is 1. The number of hydrogen-bond donors (Lipinski definition) is 2. The third-order valence-corrected chi connectivity index (χ3v) is 5.75. The molecule has 0 aromatic heterocycles. The van der Waals surface area contributed by atoms with Crippen LogP contribution in [0.3, 0.4) is 0 Å². The van der Waals surface area contributed by atoms with Crippen LogP contribution in [0.4, 0.5) is 15.8 Å². The van der Waals surface area contributed by atoms with Crippen LogP contribution in [0.2, 0.25) is 0 Å². The molecule has 3 aromatic carbocycles. The number of fused-ring (bicyclic) bond motifs is 1. The molecule has 4 rings (SSSR count). The van der Waals surface area contributed by atoms with Crippen LogP contribution >= 0.6 is 0 Å². The molecule has 0 unspecified atom stereocenters. The lowest BCUT2D eigenvalue weighted by atomic mass is 10.2. The summed E-state index contributed by atoms with van der Waals surface area (Å²) in [5.41, 5.74) is 0.515. The quantitative estimate of drug-likeness (QED) is 0.629. The number of nitrogens with one attached hydrogen (secondary N) is 2. The number of sulfonamides is 1. The number of anilines is 2. The molecule has 2 N–H and O–H groups in total. The Morgan fingerprint density at radius 2 is 1.74 bits per heavy atom. The predicted octanol–water partition coefficient (Wildman–Crippen LogP) is 3.48. The van der Waals surface area contributed by atoms with Crippen LogP contribution in [-0.4, -0.2) is 21.1 Å². The molecule has 0 fully saturated rings. The summed E-state index contributed by atoms with van der Waals surface area (Å²) >= 11 is 0. The van der Waals surface area contributed by atoms with Gasteiger partial charge in [0.15, 0.2) is 11.5 Å². The zero-order valence-electron chi connectivity index (χ0n) is 15.8. The molecule has 8 nitrogen and oxygen atoms in total. The molecule has 10 heteroatoms. The van der Waals surface area contributed by atoms with E-state index >= 15 is 0 Å². The van der Waals surface area contributed by atoms with Crippen molar-refractivity contribution in [2.75, 3.05) is 16.8 Å². The Bertz CT molecular complexity index is 1320. The second-order valence-electron chi connectivity index (χ2n) is 6.46. The number of carbonyl (C=O) groups is 1. The number of carbonyl (C=O) groups excluding carboxylic acids is 1. The predicted molar refractivity (Wildman–Crippen MR) is 109 cm³/mol. The third kappa shape index (κ3) is 4.26. The van der Waals surface area contributed by atoms with Gasteiger partial charge in [-0.05, 0) is 42.5 Å². The molecule has 0 saturated heterocycles. The van der Waals surface area contributed by atoms with E-state index in [-0.39, 0.29) is 28.5 Å². The van der Waals surface area contributed by atoms with Crippen molar-refractivity contribution in [2.45, 2.75) is 4.90 Å². The van der Waals surface area contributed by atoms with Crippen LogP contribution in [0.5, 0.6) is 11.5 Å². The standard InChI is InChI=1S/C21H14FN3O5S/c22-15-4-6-16(7-5-15)24-21(26)13-2-1-3-17(8-13)31(27,28)25-18-10-20-19(29-12-30-20)9-14(18)11-23/h1-10,25H,12H2,(H,24,26). The van der Waals surface area contributed by atoms with Crippen molar-refractivity contribution in [1.82, 2.24) is 0 Å². The van der Waals surface area contributed by atoms with E-state index in [0.29, 0.717) is 17.2 Å². The molecule has 0 bridgehead atoms. The maximum absolute atomic E-state index is 13.0. The highest BCUT2D eigenvalue weighted by atomic mass is 32.2. The molecule has 156 valence electrons. The molecule has 1 aliphatic heterocycles. The highest BCUT2D eigenvalue weighted by molar-refractivity contribution is 7.92. The highest BCUT2D eigenvalue weighted by Gasteiger charge is 2.22. The zero-order valence-corrected chi connectivity index (χ0v) is 16.6. The van der Waals surface area contributed by atoms with Crippen LogP contribution in [0.15, 0.2) is 65.6 Å². The summed E-state index contributed by atoms with van der Waals surface area (Å²) in [6.45, 7) is -0.0262. The van der Waals surface area contributed by atoms with Gasteiger partial charge in [-0.15, -0.1) is 0 Å². The molecule has 1 amide bonds. The minimum atomic E-state index is -4.12. The van der Waals surface area contributed by atoms with E-state index in [1.807, 2.05) is 6.07 Å². The highest BCUT2D eigenvalue weighted by Crippen LogP contribution is 2.37. The first-order valence-corrected chi connectivity index (χ1v) is 10.4. The normalized spacial score (nSPS) is 12.1. The van der Waals surface area contributed by atoms with Gasteiger partial charge >= 0.3 is 0 Å². The Labute approximate surface area is 176 Å². The van der Waals surface area contributed by atoms with Gasteiger partial charge in [0.25, 0.3) is 15.9 Å². The van der Waals surface area contributed by atoms with E-state index in [9.17, 15) is 22.9 Å². The molecule has 0 atom stereocenters. The third-order valence-electron chi connectivity index (χ3n) is 4.39. The number of benzene rings is 3. The van der Waals surface area contributed by atoms with Crippen LogP contribution in [-0.2, 0) is 10.0 Å². The SMILES string of the molecule is N#Cc1cc2c(cc1NS(=O)(=O)c1cccc(C(=O)Nc3ccc(F)cc3)c1)OCO2. The molecule has 31 heavy (non-hydrogen) atoms. The van der Waals surface area contributed by atoms with Gasteiger partial charge in [0.05, 0.1) is 16.1 Å². The van der Waals surface area contributed by atoms with Gasteiger partial charge < -0.3 is 14.8 Å². The van der Waals surface area contributed by atoms with Gasteiger partial charge in [0.2, 0.25) is 6.79 Å². The van der Waals surface area contributed by atoms with Gasteiger partial charge in [-0.1, -0.05) is 6.07 Å². The van der Waals surface area contributed by atoms with Gasteiger partial charge in [-0.25, -0.2) is 12.8 Å². The fourth-order valence-electron chi connectivity index (χ4n) is 2.86. The van der Waals surface area contributed by atoms with Crippen molar-refractivity contribution in [3.8, 4) is 17.6 Å². The van der Waals surface area contributed by atoms with Gasteiger partial charge in [0, 0.05) is 23.4 Å². The van der Waals surface area contributed by atoms with Crippen LogP contribution in [0, 0.1) is 17.1 Å². The van der Waals surface area contributed by atoms with Crippen molar-refractivity contribution in [3.05, 3.63) is 77.6 Å². The van der Waals surface area contributed by atoms with Crippen LogP contribution in [0.25, 0.3) is 0 Å². The Balaban J connectivity index is 1.59. The molecular weight excluding hydrogens is 425 g/mol. The van der Waals surface area contributed by atoms with E-state index in [2.05, 4.69) is 10.0 Å². The lowest BCUT2D eigenvalue weighted by molar-refractivity contribution is 0.102. The average molecular weight is 439 g/mol. The smallest absolute Gasteiger partial charge is 0.261 e. The first-order chi connectivity index (χ1) is 14.9. The maximum Gasteiger partial charge on any atom is 0.261 e. The van der Waals surface area contributed by atoms with Gasteiger partial charge in [-0.2, -0.15) is 5.26 Å². The van der Waals surface area contributed by atoms with Crippen molar-refractivity contribution in [1.29, 1.82) is 5.26 Å². The number of hydrogen-bond acceptors (Lipinski definition) is 6. The lowest BCUT2D eigenvalue weighted by Gasteiger charge is -2.11. The topological polar surface area (TPSA) is 118 Å². The Hall–Kier alpha value is -4.10. The largest absolute Gasteiger partial charge is 0.454 e. The Kier molecular flexibility index (Phi) is 5.19. The van der Waals surface area contributed by atoms with E-state index in [4.69, 9.17) is 9.47 Å². The molecule has 0 spiro atoms. The minimum Gasteiger partial charge on any atom is -0.454 e. The summed E-state index contributed by atoms with van der Waals surface area (Å²) in [5.74, 6) is -0.357. The fraction of sp³-hybridized carbons (Fsp3) is 0.0476. The van der Waals surface area contributed by atoms with Crippen LogP contribution in [0.1, 0.15) is 15.9 Å². The zero-order chi connectivity index (χ0) is 22.0. The molecule has 1 aliphatic rings. The molecule has 0 radical (unpaired) electrons. The number of nitriles is 1. The van der Waals surface area contributed by atoms with Crippen molar-refractivity contribution >= 4 is 27.3 Å². The van der Waals surface area contributed by atoms with Crippen molar-refractivity contribution < 1.29 is 27.1 Å². The maximum atomic E-state index is 13.0. The number of ether oxygens (including phenoxy) is 2. The number of halogens is 1. The van der Waals surface area contributed by atoms with Crippen LogP contribution < -0.4 is 19.5 Å². The summed E-state index contributed by atoms with van der Waals surface area (Å²) in [6, 6.07) is 15.2. The summed E-state index contributed by atoms with van der Waals surface area (Å²) in [6.07, 6.45) is 0. The fourth-order valence-corrected chi connectivity index (χ4v) is 3.98. The van der Waals surface area contributed by atoms with Crippen molar-refractivity contribution in [2.24, 2.45) is 0 Å². The monoisotopic (exact) mass is 439 g/mol. The van der Waals surface area contributed by atoms with E-state index in [1.54, 1.807) is 0 Å². The Morgan fingerprint density at radius 1 is 1.03 bits per heavy atom. The summed E-state index contributed by atoms with van der Waals surface area (Å²) in [5, 5.41) is 11.9. The lowest BCUT2D eigenvalue weighted by Crippen LogP contribution is -2.16. The summed E-state index contributed by atoms with van der Waals surface area (Å²) < 4.78 is 51.5. The molecule has 3 aromatic rings. The number of amides is 1. The second kappa shape index (κ2) is 7.97. The van der Waals surface area contributed by atoms with Gasteiger partial charge in [0.1, 0.15) is 11.9 Å². The molecule has 1 heterocycles. The Morgan fingerprint density at radius 3 is 2.45 bits per heavy atom. The van der Waals surface area contributed by atoms with Crippen molar-refractivity contribution in [3.63, 3.8) is 0 Å². The molecular formula is C21H14FN3O5S. The van der Waals surface area contributed by atoms with E-state index in [1.165, 1.54) is 60.7 Å². The van der Waals surface area contributed by atoms with E-state index in [0.717, 1.165) is 0 Å². The first kappa shape index (κ1) is 20.2. The molecule has 0 saturated carbocycles. The minimum absolute atomic E-state index is 0.0212. The van der Waals surface area contributed by atoms with Gasteiger partial charge in [-0.3, -0.25) is 9.52 Å². The summed E-state index contributed by atoms with van der Waals surface area (Å²) in [4.78, 5) is 12.3. The molecule has 0 aliphatic carbocycles. The summed E-state index contributed by atoms with van der Waals surface area (Å²) in [7, 11) is -4.12. The second-order valence-corrected chi connectivity index (χ2v) is 8.14. The number of rotatable bonds is 5. The average Bonchev–Trinajstić information content (AvgIpc) is 3.22. The van der Waals surface area contributed by atoms with E-state index < -0.39 is 21.7 Å². The first-order valence-electron chi connectivity index (χ1n) is 8.89.